The third-order valence-electron chi connectivity index (χ3n) is 8.11. The number of benzene rings is 1. The molecular weight excluding hydrogens is 564 g/mol. The predicted octanol–water partition coefficient (Wildman–Crippen LogP) is 7.56. The number of hydrogen-bond donors (Lipinski definition) is 0. The van der Waals surface area contributed by atoms with Crippen molar-refractivity contribution >= 4 is 49.4 Å². The van der Waals surface area contributed by atoms with E-state index in [1.807, 2.05) is 12.3 Å². The molecule has 6 heteroatoms. The van der Waals surface area contributed by atoms with Crippen LogP contribution in [0.3, 0.4) is 0 Å². The molecule has 3 nitrogen and oxygen atoms in total. The van der Waals surface area contributed by atoms with E-state index in [9.17, 15) is 4.79 Å². The van der Waals surface area contributed by atoms with Crippen LogP contribution in [0.2, 0.25) is 5.02 Å². The van der Waals surface area contributed by atoms with Crippen LogP contribution in [0.1, 0.15) is 73.8 Å². The Morgan fingerprint density at radius 2 is 1.70 bits per heavy atom. The van der Waals surface area contributed by atoms with Crippen LogP contribution in [0, 0.1) is 17.8 Å². The zero-order valence-corrected chi connectivity index (χ0v) is 23.1. The highest BCUT2D eigenvalue weighted by molar-refractivity contribution is 9.10. The smallest absolute Gasteiger partial charge is 0.225 e. The Morgan fingerprint density at radius 3 is 2.42 bits per heavy atom. The molecule has 2 fully saturated rings. The van der Waals surface area contributed by atoms with E-state index in [4.69, 9.17) is 16.6 Å². The van der Waals surface area contributed by atoms with E-state index < -0.39 is 0 Å². The van der Waals surface area contributed by atoms with Crippen molar-refractivity contribution in [2.75, 3.05) is 13.1 Å². The van der Waals surface area contributed by atoms with E-state index in [0.29, 0.717) is 11.8 Å². The van der Waals surface area contributed by atoms with E-state index in [1.54, 1.807) is 0 Å². The van der Waals surface area contributed by atoms with Gasteiger partial charge in [0.2, 0.25) is 5.91 Å². The summed E-state index contributed by atoms with van der Waals surface area (Å²) in [6.45, 7) is 4.03. The monoisotopic (exact) mass is 592 g/mol. The number of halogens is 3. The largest absolute Gasteiger partial charge is 0.342 e. The highest BCUT2D eigenvalue weighted by atomic mass is 79.9. The van der Waals surface area contributed by atoms with Gasteiger partial charge in [0.25, 0.3) is 0 Å². The first-order valence-corrected chi connectivity index (χ1v) is 14.3. The second-order valence-electron chi connectivity index (χ2n) is 10.3. The Morgan fingerprint density at radius 1 is 1.00 bits per heavy atom. The lowest BCUT2D eigenvalue weighted by atomic mass is 9.76. The Bertz CT molecular complexity index is 1040. The molecular formula is C27H31Br2ClN2O. The summed E-state index contributed by atoms with van der Waals surface area (Å²) < 4.78 is 2.12. The predicted molar refractivity (Wildman–Crippen MR) is 141 cm³/mol. The van der Waals surface area contributed by atoms with Gasteiger partial charge in [0.15, 0.2) is 0 Å². The summed E-state index contributed by atoms with van der Waals surface area (Å²) in [6.07, 6.45) is 10.4. The second kappa shape index (κ2) is 9.99. The van der Waals surface area contributed by atoms with E-state index in [-0.39, 0.29) is 11.8 Å². The van der Waals surface area contributed by atoms with Gasteiger partial charge in [-0.3, -0.25) is 9.78 Å². The molecule has 0 N–H and O–H groups in total. The molecule has 2 aliphatic carbocycles. The van der Waals surface area contributed by atoms with Crippen LogP contribution < -0.4 is 0 Å². The minimum Gasteiger partial charge on any atom is -0.342 e. The molecule has 176 valence electrons. The number of aryl methyl sites for hydroxylation is 2. The number of nitrogens with zero attached hydrogens (tertiary/aromatic N) is 2. The van der Waals surface area contributed by atoms with Gasteiger partial charge in [-0.15, -0.1) is 0 Å². The third-order valence-corrected chi connectivity index (χ3v) is 9.41. The molecule has 5 rings (SSSR count). The zero-order valence-electron chi connectivity index (χ0n) is 19.1. The number of fused-ring (bicyclic) bond motifs is 2. The maximum absolute atomic E-state index is 13.2. The molecule has 0 unspecified atom stereocenters. The zero-order chi connectivity index (χ0) is 23.1. The van der Waals surface area contributed by atoms with Crippen molar-refractivity contribution < 1.29 is 4.79 Å². The maximum Gasteiger partial charge on any atom is 0.225 e. The summed E-state index contributed by atoms with van der Waals surface area (Å²) in [5, 5.41) is 0.779. The van der Waals surface area contributed by atoms with Crippen LogP contribution >= 0.6 is 43.5 Å². The molecule has 1 aromatic carbocycles. The summed E-state index contributed by atoms with van der Waals surface area (Å²) in [7, 11) is 0. The lowest BCUT2D eigenvalue weighted by molar-refractivity contribution is -0.138. The quantitative estimate of drug-likeness (QED) is 0.360. The Balaban J connectivity index is 1.41. The molecule has 1 amide bonds. The van der Waals surface area contributed by atoms with Crippen LogP contribution in [0.5, 0.6) is 0 Å². The minimum atomic E-state index is 0.227. The molecule has 3 aliphatic rings. The highest BCUT2D eigenvalue weighted by Crippen LogP contribution is 2.46. The van der Waals surface area contributed by atoms with E-state index >= 15 is 0 Å². The van der Waals surface area contributed by atoms with Gasteiger partial charge in [-0.1, -0.05) is 34.5 Å². The van der Waals surface area contributed by atoms with Gasteiger partial charge >= 0.3 is 0 Å². The number of hydrogen-bond acceptors (Lipinski definition) is 2. The fourth-order valence-corrected chi connectivity index (χ4v) is 7.75. The topological polar surface area (TPSA) is 33.2 Å². The van der Waals surface area contributed by atoms with Crippen molar-refractivity contribution in [3.8, 4) is 0 Å². The van der Waals surface area contributed by atoms with Crippen LogP contribution in [0.25, 0.3) is 0 Å². The van der Waals surface area contributed by atoms with E-state index in [2.05, 4.69) is 55.8 Å². The van der Waals surface area contributed by atoms with Gasteiger partial charge < -0.3 is 4.90 Å². The van der Waals surface area contributed by atoms with Gasteiger partial charge in [0, 0.05) is 45.1 Å². The number of carbonyl (C=O) groups is 1. The number of rotatable bonds is 2. The highest BCUT2D eigenvalue weighted by Gasteiger charge is 2.37. The number of likely N-dealkylation sites (tertiary alicyclic amines) is 1. The SMILES string of the molecule is CC1CCC(C(=O)N2CCC([C@H]3c4ncc(Br)cc4CCc4cc(Cl)cc(Br)c43)CC2)CC1. The van der Waals surface area contributed by atoms with Gasteiger partial charge in [0.05, 0.1) is 5.69 Å². The van der Waals surface area contributed by atoms with Crippen molar-refractivity contribution in [3.05, 3.63) is 60.7 Å². The maximum atomic E-state index is 13.2. The van der Waals surface area contributed by atoms with Crippen molar-refractivity contribution in [2.24, 2.45) is 17.8 Å². The number of piperidine rings is 1. The number of amides is 1. The molecule has 1 aromatic heterocycles. The van der Waals surface area contributed by atoms with Crippen LogP contribution in [-0.4, -0.2) is 28.9 Å². The van der Waals surface area contributed by atoms with Crippen LogP contribution in [0.15, 0.2) is 33.3 Å². The average molecular weight is 595 g/mol. The summed E-state index contributed by atoms with van der Waals surface area (Å²) in [4.78, 5) is 20.3. The number of carbonyl (C=O) groups excluding carboxylic acids is 1. The molecule has 33 heavy (non-hydrogen) atoms. The molecule has 0 radical (unpaired) electrons. The molecule has 1 saturated heterocycles. The first-order valence-electron chi connectivity index (χ1n) is 12.3. The molecule has 1 saturated carbocycles. The van der Waals surface area contributed by atoms with Crippen LogP contribution in [0.4, 0.5) is 0 Å². The Labute approximate surface area is 218 Å². The first kappa shape index (κ1) is 23.8. The minimum absolute atomic E-state index is 0.227. The average Bonchev–Trinajstić information content (AvgIpc) is 2.96. The third kappa shape index (κ3) is 4.92. The second-order valence-corrected chi connectivity index (χ2v) is 12.5. The molecule has 1 aliphatic heterocycles. The molecule has 1 atom stereocenters. The fourth-order valence-electron chi connectivity index (χ4n) is 6.25. The Kier molecular flexibility index (Phi) is 7.21. The fraction of sp³-hybridized carbons (Fsp3) is 0.556. The van der Waals surface area contributed by atoms with Crippen molar-refractivity contribution in [2.45, 2.75) is 64.2 Å². The van der Waals surface area contributed by atoms with Crippen molar-refractivity contribution in [1.82, 2.24) is 9.88 Å². The normalized spacial score (nSPS) is 25.8. The molecule has 2 heterocycles. The van der Waals surface area contributed by atoms with Crippen molar-refractivity contribution in [1.29, 1.82) is 0 Å². The van der Waals surface area contributed by atoms with Gasteiger partial charge in [-0.05, 0) is 114 Å². The lowest BCUT2D eigenvalue weighted by Crippen LogP contribution is -2.43. The van der Waals surface area contributed by atoms with Gasteiger partial charge in [-0.2, -0.15) is 0 Å². The molecule has 2 aromatic rings. The summed E-state index contributed by atoms with van der Waals surface area (Å²) in [5.74, 6) is 2.10. The van der Waals surface area contributed by atoms with E-state index in [0.717, 1.165) is 71.5 Å². The number of aromatic nitrogens is 1. The Hall–Kier alpha value is -0.910. The van der Waals surface area contributed by atoms with Crippen LogP contribution in [-0.2, 0) is 17.6 Å². The summed E-state index contributed by atoms with van der Waals surface area (Å²) in [6, 6.07) is 6.40. The standard InChI is InChI=1S/C27H31Br2ClN2O/c1-16-2-4-18(5-3-16)27(33)32-10-8-17(9-11-32)25-24-19(13-22(30)14-23(24)29)6-7-20-12-21(28)15-31-26(20)25/h12-18,25H,2-11H2,1H3/t16?,18?,25-/m1/s1. The molecule has 0 bridgehead atoms. The van der Waals surface area contributed by atoms with E-state index in [1.165, 1.54) is 35.2 Å². The van der Waals surface area contributed by atoms with Gasteiger partial charge in [0.1, 0.15) is 0 Å². The summed E-state index contributed by atoms with van der Waals surface area (Å²) >= 11 is 13.9. The summed E-state index contributed by atoms with van der Waals surface area (Å²) in [5.41, 5.74) is 5.19. The number of pyridine rings is 1. The molecule has 0 spiro atoms. The lowest BCUT2D eigenvalue weighted by Gasteiger charge is -2.39. The first-order chi connectivity index (χ1) is 15.9. The van der Waals surface area contributed by atoms with Gasteiger partial charge in [-0.25, -0.2) is 0 Å². The van der Waals surface area contributed by atoms with Crippen molar-refractivity contribution in [3.63, 3.8) is 0 Å².